The first-order valence-electron chi connectivity index (χ1n) is 6.60. The van der Waals surface area contributed by atoms with Crippen LogP contribution in [-0.4, -0.2) is 42.9 Å². The van der Waals surface area contributed by atoms with Gasteiger partial charge < -0.3 is 15.5 Å². The summed E-state index contributed by atoms with van der Waals surface area (Å²) < 4.78 is 13.0. The normalized spacial score (nSPS) is 17.0. The van der Waals surface area contributed by atoms with Gasteiger partial charge in [0, 0.05) is 12.7 Å². The molecule has 1 aromatic carbocycles. The second-order valence-electron chi connectivity index (χ2n) is 4.90. The van der Waals surface area contributed by atoms with Gasteiger partial charge in [0.25, 0.3) is 0 Å². The minimum absolute atomic E-state index is 0. The van der Waals surface area contributed by atoms with E-state index in [9.17, 15) is 14.0 Å². The van der Waals surface area contributed by atoms with Crippen molar-refractivity contribution in [2.24, 2.45) is 0 Å². The number of nitrogens with zero attached hydrogens (tertiary/aromatic N) is 1. The lowest BCUT2D eigenvalue weighted by Crippen LogP contribution is -2.44. The zero-order chi connectivity index (χ0) is 14.5. The Bertz CT molecular complexity index is 507. The quantitative estimate of drug-likeness (QED) is 0.883. The van der Waals surface area contributed by atoms with Gasteiger partial charge in [-0.3, -0.25) is 9.59 Å². The molecular formula is C14H19ClFN3O2. The molecule has 7 heteroatoms. The third-order valence-electron chi connectivity index (χ3n) is 3.22. The van der Waals surface area contributed by atoms with Crippen molar-refractivity contribution in [3.8, 4) is 0 Å². The standard InChI is InChI=1S/C14H18FN3O2.ClH/c1-18(14(20)12-6-3-7-16-12)9-13(19)17-11-5-2-4-10(15)8-11;/h2,4-5,8,12,16H,3,6-7,9H2,1H3,(H,17,19);1H. The van der Waals surface area contributed by atoms with E-state index in [4.69, 9.17) is 0 Å². The van der Waals surface area contributed by atoms with Crippen LogP contribution >= 0.6 is 12.4 Å². The minimum Gasteiger partial charge on any atom is -0.335 e. The van der Waals surface area contributed by atoms with Crippen LogP contribution in [0.2, 0.25) is 0 Å². The number of carbonyl (C=O) groups excluding carboxylic acids is 2. The predicted molar refractivity (Wildman–Crippen MR) is 80.9 cm³/mol. The Morgan fingerprint density at radius 2 is 2.24 bits per heavy atom. The molecular weight excluding hydrogens is 297 g/mol. The lowest BCUT2D eigenvalue weighted by Gasteiger charge is -2.20. The number of halogens is 2. The first-order valence-corrected chi connectivity index (χ1v) is 6.60. The maximum absolute atomic E-state index is 13.0. The van der Waals surface area contributed by atoms with Crippen LogP contribution in [0.5, 0.6) is 0 Å². The molecule has 0 saturated carbocycles. The van der Waals surface area contributed by atoms with Crippen LogP contribution < -0.4 is 10.6 Å². The van der Waals surface area contributed by atoms with Crippen LogP contribution in [0.3, 0.4) is 0 Å². The fraction of sp³-hybridized carbons (Fsp3) is 0.429. The van der Waals surface area contributed by atoms with Crippen molar-refractivity contribution >= 4 is 29.9 Å². The van der Waals surface area contributed by atoms with Crippen LogP contribution in [0.15, 0.2) is 24.3 Å². The lowest BCUT2D eigenvalue weighted by molar-refractivity contribution is -0.134. The lowest BCUT2D eigenvalue weighted by atomic mass is 10.2. The zero-order valence-electron chi connectivity index (χ0n) is 11.8. The van der Waals surface area contributed by atoms with E-state index in [0.717, 1.165) is 19.4 Å². The molecule has 0 radical (unpaired) electrons. The van der Waals surface area contributed by atoms with Crippen LogP contribution in [0.25, 0.3) is 0 Å². The molecule has 2 rings (SSSR count). The summed E-state index contributed by atoms with van der Waals surface area (Å²) in [6.45, 7) is 0.785. The Morgan fingerprint density at radius 3 is 2.86 bits per heavy atom. The summed E-state index contributed by atoms with van der Waals surface area (Å²) in [5.41, 5.74) is 0.384. The highest BCUT2D eigenvalue weighted by Crippen LogP contribution is 2.10. The Labute approximate surface area is 129 Å². The average Bonchev–Trinajstić information content (AvgIpc) is 2.91. The summed E-state index contributed by atoms with van der Waals surface area (Å²) in [6, 6.07) is 5.46. The van der Waals surface area contributed by atoms with Gasteiger partial charge in [0.05, 0.1) is 12.6 Å². The maximum atomic E-state index is 13.0. The second-order valence-corrected chi connectivity index (χ2v) is 4.90. The first kappa shape index (κ1) is 17.4. The van der Waals surface area contributed by atoms with Gasteiger partial charge >= 0.3 is 0 Å². The first-order chi connectivity index (χ1) is 9.56. The number of rotatable bonds is 4. The topological polar surface area (TPSA) is 61.4 Å². The molecule has 1 heterocycles. The molecule has 1 aliphatic heterocycles. The fourth-order valence-corrected chi connectivity index (χ4v) is 2.22. The molecule has 1 saturated heterocycles. The Morgan fingerprint density at radius 1 is 1.48 bits per heavy atom. The number of anilines is 1. The molecule has 0 bridgehead atoms. The molecule has 2 amide bonds. The van der Waals surface area contributed by atoms with Gasteiger partial charge in [-0.05, 0) is 37.6 Å². The maximum Gasteiger partial charge on any atom is 0.243 e. The van der Waals surface area contributed by atoms with Crippen molar-refractivity contribution in [3.63, 3.8) is 0 Å². The number of hydrogen-bond acceptors (Lipinski definition) is 3. The minimum atomic E-state index is -0.414. The van der Waals surface area contributed by atoms with Gasteiger partial charge in [-0.1, -0.05) is 6.07 Å². The van der Waals surface area contributed by atoms with E-state index in [1.165, 1.54) is 23.1 Å². The Hall–Kier alpha value is -1.66. The Balaban J connectivity index is 0.00000220. The molecule has 1 unspecified atom stereocenters. The predicted octanol–water partition coefficient (Wildman–Crippen LogP) is 1.40. The van der Waals surface area contributed by atoms with Gasteiger partial charge in [0.15, 0.2) is 0 Å². The highest BCUT2D eigenvalue weighted by atomic mass is 35.5. The van der Waals surface area contributed by atoms with E-state index in [1.807, 2.05) is 0 Å². The van der Waals surface area contributed by atoms with E-state index in [2.05, 4.69) is 10.6 Å². The number of hydrogen-bond donors (Lipinski definition) is 2. The van der Waals surface area contributed by atoms with Crippen molar-refractivity contribution in [2.75, 3.05) is 25.5 Å². The third-order valence-corrected chi connectivity index (χ3v) is 3.22. The van der Waals surface area contributed by atoms with Gasteiger partial charge in [-0.2, -0.15) is 0 Å². The van der Waals surface area contributed by atoms with Crippen molar-refractivity contribution < 1.29 is 14.0 Å². The average molecular weight is 316 g/mol. The largest absolute Gasteiger partial charge is 0.335 e. The van der Waals surface area contributed by atoms with E-state index >= 15 is 0 Å². The number of amides is 2. The van der Waals surface area contributed by atoms with Crippen LogP contribution in [0.4, 0.5) is 10.1 Å². The van der Waals surface area contributed by atoms with Crippen molar-refractivity contribution in [3.05, 3.63) is 30.1 Å². The molecule has 1 aliphatic rings. The van der Waals surface area contributed by atoms with E-state index in [1.54, 1.807) is 13.1 Å². The monoisotopic (exact) mass is 315 g/mol. The molecule has 21 heavy (non-hydrogen) atoms. The number of benzene rings is 1. The summed E-state index contributed by atoms with van der Waals surface area (Å²) in [4.78, 5) is 25.2. The smallest absolute Gasteiger partial charge is 0.243 e. The highest BCUT2D eigenvalue weighted by Gasteiger charge is 2.25. The summed E-state index contributed by atoms with van der Waals surface area (Å²) in [5, 5.41) is 5.66. The SMILES string of the molecule is CN(CC(=O)Nc1cccc(F)c1)C(=O)C1CCCN1.Cl. The molecule has 0 spiro atoms. The van der Waals surface area contributed by atoms with Gasteiger partial charge in [0.1, 0.15) is 5.82 Å². The van der Waals surface area contributed by atoms with Gasteiger partial charge in [-0.15, -0.1) is 12.4 Å². The number of likely N-dealkylation sites (N-methyl/N-ethyl adjacent to an activating group) is 1. The van der Waals surface area contributed by atoms with Crippen molar-refractivity contribution in [1.29, 1.82) is 0 Å². The molecule has 1 atom stereocenters. The van der Waals surface area contributed by atoms with E-state index < -0.39 is 5.82 Å². The summed E-state index contributed by atoms with van der Waals surface area (Å²) in [6.07, 6.45) is 1.77. The fourth-order valence-electron chi connectivity index (χ4n) is 2.22. The molecule has 116 valence electrons. The number of nitrogens with one attached hydrogen (secondary N) is 2. The van der Waals surface area contributed by atoms with Crippen molar-refractivity contribution in [2.45, 2.75) is 18.9 Å². The van der Waals surface area contributed by atoms with E-state index in [-0.39, 0.29) is 36.8 Å². The highest BCUT2D eigenvalue weighted by molar-refractivity contribution is 5.95. The second kappa shape index (κ2) is 7.95. The summed E-state index contributed by atoms with van der Waals surface area (Å²) >= 11 is 0. The summed E-state index contributed by atoms with van der Waals surface area (Å²) in [5.74, 6) is -0.844. The van der Waals surface area contributed by atoms with Gasteiger partial charge in [0.2, 0.25) is 11.8 Å². The van der Waals surface area contributed by atoms with Crippen LogP contribution in [0.1, 0.15) is 12.8 Å². The molecule has 0 aromatic heterocycles. The molecule has 2 N–H and O–H groups in total. The molecule has 5 nitrogen and oxygen atoms in total. The Kier molecular flexibility index (Phi) is 6.58. The van der Waals surface area contributed by atoms with Crippen LogP contribution in [0, 0.1) is 5.82 Å². The van der Waals surface area contributed by atoms with Gasteiger partial charge in [-0.25, -0.2) is 4.39 Å². The van der Waals surface area contributed by atoms with Crippen LogP contribution in [-0.2, 0) is 9.59 Å². The summed E-state index contributed by atoms with van der Waals surface area (Å²) in [7, 11) is 1.59. The number of carbonyl (C=O) groups is 2. The third kappa shape index (κ3) is 4.99. The van der Waals surface area contributed by atoms with Crippen molar-refractivity contribution in [1.82, 2.24) is 10.2 Å². The van der Waals surface area contributed by atoms with E-state index in [0.29, 0.717) is 5.69 Å². The molecule has 1 aromatic rings. The molecule has 1 fully saturated rings. The zero-order valence-corrected chi connectivity index (χ0v) is 12.6. The molecule has 0 aliphatic carbocycles.